The number of carbonyl (C=O) groups is 2. The van der Waals surface area contributed by atoms with E-state index in [-0.39, 0.29) is 37.1 Å². The third kappa shape index (κ3) is 8.14. The first-order valence-electron chi connectivity index (χ1n) is 15.1. The minimum absolute atomic E-state index is 0.0269. The molecule has 2 atom stereocenters. The van der Waals surface area contributed by atoms with E-state index in [0.29, 0.717) is 58.1 Å². The predicted octanol–water partition coefficient (Wildman–Crippen LogP) is 5.68. The third-order valence-electron chi connectivity index (χ3n) is 8.07. The van der Waals surface area contributed by atoms with Gasteiger partial charge in [-0.15, -0.1) is 0 Å². The summed E-state index contributed by atoms with van der Waals surface area (Å²) < 4.78 is 22.6. The molecule has 1 unspecified atom stereocenters. The second kappa shape index (κ2) is 15.1. The molecule has 0 radical (unpaired) electrons. The number of ether oxygens (including phenoxy) is 4. The molecule has 5 rings (SSSR count). The number of nitrogens with zero attached hydrogens (tertiary/aromatic N) is 1. The number of methoxy groups -OCH3 is 2. The lowest BCUT2D eigenvalue weighted by atomic mass is 9.91. The normalized spacial score (nSPS) is 17.7. The zero-order valence-electron chi connectivity index (χ0n) is 25.7. The molecule has 0 spiro atoms. The van der Waals surface area contributed by atoms with Crippen molar-refractivity contribution in [2.45, 2.75) is 44.8 Å². The minimum atomic E-state index is -0.391. The Morgan fingerprint density at radius 3 is 2.31 bits per heavy atom. The summed E-state index contributed by atoms with van der Waals surface area (Å²) >= 11 is 12.5. The van der Waals surface area contributed by atoms with Gasteiger partial charge < -0.3 is 34.5 Å². The molecule has 2 fully saturated rings. The van der Waals surface area contributed by atoms with Crippen molar-refractivity contribution in [2.75, 3.05) is 40.5 Å². The van der Waals surface area contributed by atoms with Crippen LogP contribution >= 0.6 is 23.2 Å². The van der Waals surface area contributed by atoms with Crippen LogP contribution in [0.3, 0.4) is 0 Å². The van der Waals surface area contributed by atoms with Crippen LogP contribution in [0, 0.1) is 12.8 Å². The number of hydrogen-bond donors (Lipinski definition) is 2. The van der Waals surface area contributed by atoms with Gasteiger partial charge in [0.25, 0.3) is 5.91 Å². The van der Waals surface area contributed by atoms with Gasteiger partial charge in [0.1, 0.15) is 19.0 Å². The molecule has 2 aliphatic rings. The number of amides is 2. The smallest absolute Gasteiger partial charge is 0.251 e. The molecule has 45 heavy (non-hydrogen) atoms. The fourth-order valence-corrected chi connectivity index (χ4v) is 6.33. The topological polar surface area (TPSA) is 98.4 Å². The second-order valence-corrected chi connectivity index (χ2v) is 12.1. The zero-order valence-corrected chi connectivity index (χ0v) is 27.2. The SMILES string of the molecule is COc1cccc(CN(C(=O)C2CNCC[C@@H]2NC(=O)c2ccc(OCCOc3c(Cl)cc(C)cc3Cl)cc2)C2CC2)c1OC. The fraction of sp³-hybridized carbons (Fsp3) is 0.412. The van der Waals surface area contributed by atoms with Gasteiger partial charge in [-0.2, -0.15) is 0 Å². The van der Waals surface area contributed by atoms with Crippen molar-refractivity contribution in [1.29, 1.82) is 0 Å². The van der Waals surface area contributed by atoms with Gasteiger partial charge in [0.2, 0.25) is 5.91 Å². The molecule has 0 aromatic heterocycles. The summed E-state index contributed by atoms with van der Waals surface area (Å²) in [6, 6.07) is 16.1. The quantitative estimate of drug-likeness (QED) is 0.229. The molecule has 2 N–H and O–H groups in total. The molecule has 11 heteroatoms. The van der Waals surface area contributed by atoms with Crippen LogP contribution in [0.1, 0.15) is 40.7 Å². The molecule has 9 nitrogen and oxygen atoms in total. The first-order chi connectivity index (χ1) is 21.8. The highest BCUT2D eigenvalue weighted by molar-refractivity contribution is 6.37. The van der Waals surface area contributed by atoms with E-state index in [1.807, 2.05) is 30.0 Å². The largest absolute Gasteiger partial charge is 0.493 e. The van der Waals surface area contributed by atoms with Gasteiger partial charge in [-0.3, -0.25) is 9.59 Å². The number of hydrogen-bond acceptors (Lipinski definition) is 7. The number of nitrogens with one attached hydrogen (secondary N) is 2. The standard InChI is InChI=1S/C34H39Cl2N3O6/c1-21-17-27(35)32(28(36)18-21)45-16-15-44-25-11-7-22(8-12-25)33(40)38-29-13-14-37-19-26(29)34(41)39(24-9-10-24)20-23-5-4-6-30(42-2)31(23)43-3/h4-8,11-12,17-18,24,26,29,37H,9-10,13-16,19-20H2,1-3H3,(H,38,40)/t26?,29-/m0/s1. The van der Waals surface area contributed by atoms with Crippen molar-refractivity contribution in [2.24, 2.45) is 5.92 Å². The van der Waals surface area contributed by atoms with Gasteiger partial charge >= 0.3 is 0 Å². The molecular weight excluding hydrogens is 617 g/mol. The van der Waals surface area contributed by atoms with Crippen molar-refractivity contribution < 1.29 is 28.5 Å². The molecule has 3 aromatic rings. The minimum Gasteiger partial charge on any atom is -0.493 e. The van der Waals surface area contributed by atoms with E-state index in [0.717, 1.165) is 30.5 Å². The molecule has 1 heterocycles. The first kappa shape index (κ1) is 32.7. The third-order valence-corrected chi connectivity index (χ3v) is 8.63. The highest BCUT2D eigenvalue weighted by atomic mass is 35.5. The van der Waals surface area contributed by atoms with Crippen LogP contribution in [0.2, 0.25) is 10.0 Å². The Bertz CT molecular complexity index is 1470. The van der Waals surface area contributed by atoms with Crippen molar-refractivity contribution in [3.8, 4) is 23.0 Å². The van der Waals surface area contributed by atoms with Crippen LogP contribution in [-0.2, 0) is 11.3 Å². The average molecular weight is 657 g/mol. The van der Waals surface area contributed by atoms with Gasteiger partial charge in [0, 0.05) is 36.3 Å². The highest BCUT2D eigenvalue weighted by Gasteiger charge is 2.40. The number of para-hydroxylation sites is 1. The Labute approximate surface area is 274 Å². The van der Waals surface area contributed by atoms with Gasteiger partial charge in [-0.25, -0.2) is 0 Å². The van der Waals surface area contributed by atoms with Crippen LogP contribution in [0.5, 0.6) is 23.0 Å². The van der Waals surface area contributed by atoms with E-state index in [2.05, 4.69) is 10.6 Å². The maximum Gasteiger partial charge on any atom is 0.251 e. The summed E-state index contributed by atoms with van der Waals surface area (Å²) in [4.78, 5) is 29.2. The van der Waals surface area contributed by atoms with E-state index >= 15 is 0 Å². The van der Waals surface area contributed by atoms with E-state index < -0.39 is 5.92 Å². The summed E-state index contributed by atoms with van der Waals surface area (Å²) in [7, 11) is 3.21. The number of piperidine rings is 1. The molecule has 0 bridgehead atoms. The van der Waals surface area contributed by atoms with Crippen LogP contribution < -0.4 is 29.6 Å². The number of carbonyl (C=O) groups excluding carboxylic acids is 2. The van der Waals surface area contributed by atoms with Crippen molar-refractivity contribution in [3.63, 3.8) is 0 Å². The monoisotopic (exact) mass is 655 g/mol. The number of benzene rings is 3. The molecule has 2 amide bonds. The Kier molecular flexibility index (Phi) is 11.0. The Balaban J connectivity index is 1.18. The number of halogens is 2. The summed E-state index contributed by atoms with van der Waals surface area (Å²) in [5.41, 5.74) is 2.32. The first-order valence-corrected chi connectivity index (χ1v) is 15.9. The average Bonchev–Trinajstić information content (AvgIpc) is 3.88. The fourth-order valence-electron chi connectivity index (χ4n) is 5.62. The summed E-state index contributed by atoms with van der Waals surface area (Å²) in [5, 5.41) is 7.37. The van der Waals surface area contributed by atoms with Crippen LogP contribution in [0.4, 0.5) is 0 Å². The molecule has 1 aliphatic carbocycles. The van der Waals surface area contributed by atoms with Crippen LogP contribution in [-0.4, -0.2) is 69.3 Å². The molecule has 1 saturated carbocycles. The Morgan fingerprint density at radius 1 is 0.933 bits per heavy atom. The maximum atomic E-state index is 14.0. The Hall–Kier alpha value is -3.66. The molecule has 1 saturated heterocycles. The lowest BCUT2D eigenvalue weighted by Crippen LogP contribution is -2.55. The van der Waals surface area contributed by atoms with E-state index in [1.54, 1.807) is 50.6 Å². The predicted molar refractivity (Wildman–Crippen MR) is 174 cm³/mol. The second-order valence-electron chi connectivity index (χ2n) is 11.3. The highest BCUT2D eigenvalue weighted by Crippen LogP contribution is 2.36. The lowest BCUT2D eigenvalue weighted by Gasteiger charge is -2.36. The van der Waals surface area contributed by atoms with Crippen LogP contribution in [0.15, 0.2) is 54.6 Å². The summed E-state index contributed by atoms with van der Waals surface area (Å²) in [6.07, 6.45) is 2.58. The molecule has 240 valence electrons. The van der Waals surface area contributed by atoms with Gasteiger partial charge in [-0.05, 0) is 80.8 Å². The van der Waals surface area contributed by atoms with Crippen molar-refractivity contribution >= 4 is 35.0 Å². The summed E-state index contributed by atoms with van der Waals surface area (Å²) in [6.45, 7) is 4.05. The van der Waals surface area contributed by atoms with E-state index in [9.17, 15) is 9.59 Å². The Morgan fingerprint density at radius 2 is 1.64 bits per heavy atom. The van der Waals surface area contributed by atoms with Crippen molar-refractivity contribution in [1.82, 2.24) is 15.5 Å². The zero-order chi connectivity index (χ0) is 31.9. The molecule has 1 aliphatic heterocycles. The number of rotatable bonds is 13. The van der Waals surface area contributed by atoms with Gasteiger partial charge in [-0.1, -0.05) is 35.3 Å². The van der Waals surface area contributed by atoms with Gasteiger partial charge in [0.15, 0.2) is 17.2 Å². The summed E-state index contributed by atoms with van der Waals surface area (Å²) in [5.74, 6) is 1.69. The maximum absolute atomic E-state index is 14.0. The number of aryl methyl sites for hydroxylation is 1. The molecule has 3 aromatic carbocycles. The van der Waals surface area contributed by atoms with E-state index in [4.69, 9.17) is 42.1 Å². The molecular formula is C34H39Cl2N3O6. The van der Waals surface area contributed by atoms with Crippen LogP contribution in [0.25, 0.3) is 0 Å². The van der Waals surface area contributed by atoms with Crippen molar-refractivity contribution in [3.05, 3.63) is 81.3 Å². The lowest BCUT2D eigenvalue weighted by molar-refractivity contribution is -0.138. The van der Waals surface area contributed by atoms with E-state index in [1.165, 1.54) is 0 Å². The van der Waals surface area contributed by atoms with Gasteiger partial charge in [0.05, 0.1) is 30.2 Å².